The fourth-order valence-corrected chi connectivity index (χ4v) is 1.39. The smallest absolute Gasteiger partial charge is 0.319 e. The molecule has 1 atom stereocenters. The van der Waals surface area contributed by atoms with Gasteiger partial charge < -0.3 is 9.47 Å². The maximum atomic E-state index is 12.1. The van der Waals surface area contributed by atoms with Crippen molar-refractivity contribution < 1.29 is 19.1 Å². The van der Waals surface area contributed by atoms with Crippen molar-refractivity contribution >= 4 is 11.8 Å². The third kappa shape index (κ3) is 3.59. The molecule has 0 aliphatic carbocycles. The number of carbonyl (C=O) groups excluding carboxylic acids is 2. The van der Waals surface area contributed by atoms with Gasteiger partial charge in [-0.2, -0.15) is 0 Å². The Kier molecular flexibility index (Phi) is 6.26. The zero-order chi connectivity index (χ0) is 12.8. The van der Waals surface area contributed by atoms with Crippen molar-refractivity contribution in [2.24, 2.45) is 5.41 Å². The van der Waals surface area contributed by atoms with E-state index < -0.39 is 17.5 Å². The first-order valence-corrected chi connectivity index (χ1v) is 5.74. The van der Waals surface area contributed by atoms with Gasteiger partial charge in [0.1, 0.15) is 11.5 Å². The van der Waals surface area contributed by atoms with Crippen molar-refractivity contribution in [2.75, 3.05) is 13.2 Å². The molecule has 0 aromatic rings. The van der Waals surface area contributed by atoms with E-state index in [0.29, 0.717) is 13.0 Å². The van der Waals surface area contributed by atoms with Gasteiger partial charge in [0.15, 0.2) is 5.78 Å². The Morgan fingerprint density at radius 2 is 1.69 bits per heavy atom. The molecule has 0 aliphatic heterocycles. The van der Waals surface area contributed by atoms with E-state index in [1.807, 2.05) is 13.8 Å². The molecule has 0 N–H and O–H groups in total. The molecule has 4 nitrogen and oxygen atoms in total. The number of ether oxygens (including phenoxy) is 2. The lowest BCUT2D eigenvalue weighted by Crippen LogP contribution is -2.42. The number of carbonyl (C=O) groups is 2. The molecule has 0 saturated heterocycles. The Labute approximate surface area is 97.3 Å². The van der Waals surface area contributed by atoms with Crippen molar-refractivity contribution in [3.8, 4) is 0 Å². The van der Waals surface area contributed by atoms with Gasteiger partial charge in [0, 0.05) is 6.61 Å². The molecule has 94 valence electrons. The van der Waals surface area contributed by atoms with Crippen molar-refractivity contribution in [3.05, 3.63) is 0 Å². The lowest BCUT2D eigenvalue weighted by molar-refractivity contribution is -0.161. The normalized spacial score (nSPS) is 13.3. The molecule has 0 bridgehead atoms. The van der Waals surface area contributed by atoms with Gasteiger partial charge in [0.25, 0.3) is 0 Å². The number of esters is 1. The molecule has 0 rings (SSSR count). The zero-order valence-electron chi connectivity index (χ0n) is 10.8. The minimum absolute atomic E-state index is 0.213. The summed E-state index contributed by atoms with van der Waals surface area (Å²) in [6.07, 6.45) is 0.0413. The highest BCUT2D eigenvalue weighted by Crippen LogP contribution is 2.23. The minimum atomic E-state index is -1.13. The van der Waals surface area contributed by atoms with Crippen LogP contribution in [0.15, 0.2) is 0 Å². The van der Waals surface area contributed by atoms with E-state index in [2.05, 4.69) is 0 Å². The standard InChI is InChI=1S/C12H22O4/c1-6-9(15-7-2)10(13)12(4,5)11(14)16-8-3/h9H,6-8H2,1-5H3. The monoisotopic (exact) mass is 230 g/mol. The van der Waals surface area contributed by atoms with Crippen LogP contribution in [-0.4, -0.2) is 31.1 Å². The topological polar surface area (TPSA) is 52.6 Å². The lowest BCUT2D eigenvalue weighted by Gasteiger charge is -2.25. The largest absolute Gasteiger partial charge is 0.465 e. The highest BCUT2D eigenvalue weighted by molar-refractivity contribution is 6.05. The van der Waals surface area contributed by atoms with Crippen molar-refractivity contribution in [2.45, 2.75) is 47.1 Å². The number of hydrogen-bond acceptors (Lipinski definition) is 4. The van der Waals surface area contributed by atoms with Crippen LogP contribution in [0.2, 0.25) is 0 Å². The third-order valence-electron chi connectivity index (χ3n) is 2.43. The van der Waals surface area contributed by atoms with Crippen LogP contribution in [-0.2, 0) is 19.1 Å². The van der Waals surface area contributed by atoms with Gasteiger partial charge in [-0.05, 0) is 34.1 Å². The van der Waals surface area contributed by atoms with Crippen LogP contribution >= 0.6 is 0 Å². The summed E-state index contributed by atoms with van der Waals surface area (Å²) < 4.78 is 10.2. The summed E-state index contributed by atoms with van der Waals surface area (Å²) in [7, 11) is 0. The van der Waals surface area contributed by atoms with Gasteiger partial charge in [-0.15, -0.1) is 0 Å². The van der Waals surface area contributed by atoms with Crippen LogP contribution in [0.5, 0.6) is 0 Å². The summed E-state index contributed by atoms with van der Waals surface area (Å²) in [5, 5.41) is 0. The van der Waals surface area contributed by atoms with E-state index in [9.17, 15) is 9.59 Å². The van der Waals surface area contributed by atoms with Crippen LogP contribution < -0.4 is 0 Å². The Balaban J connectivity index is 4.71. The van der Waals surface area contributed by atoms with Gasteiger partial charge in [-0.25, -0.2) is 0 Å². The summed E-state index contributed by atoms with van der Waals surface area (Å²) in [5.74, 6) is -0.701. The second-order valence-electron chi connectivity index (χ2n) is 4.06. The molecule has 0 fully saturated rings. The van der Waals surface area contributed by atoms with E-state index in [-0.39, 0.29) is 12.4 Å². The minimum Gasteiger partial charge on any atom is -0.465 e. The summed E-state index contributed by atoms with van der Waals surface area (Å²) in [6, 6.07) is 0. The van der Waals surface area contributed by atoms with Crippen LogP contribution in [0.25, 0.3) is 0 Å². The molecule has 0 aromatic heterocycles. The van der Waals surface area contributed by atoms with Crippen LogP contribution in [0.4, 0.5) is 0 Å². The average Bonchev–Trinajstić information content (AvgIpc) is 2.25. The molecular formula is C12H22O4. The SMILES string of the molecule is CCOC(=O)C(C)(C)C(=O)C(CC)OCC. The summed E-state index contributed by atoms with van der Waals surface area (Å²) >= 11 is 0. The van der Waals surface area contributed by atoms with Gasteiger partial charge in [0.05, 0.1) is 6.61 Å². The average molecular weight is 230 g/mol. The molecule has 0 spiro atoms. The first kappa shape index (κ1) is 15.1. The predicted octanol–water partition coefficient (Wildman–Crippen LogP) is 1.96. The molecule has 16 heavy (non-hydrogen) atoms. The van der Waals surface area contributed by atoms with Gasteiger partial charge >= 0.3 is 5.97 Å². The Bertz CT molecular complexity index is 245. The second-order valence-corrected chi connectivity index (χ2v) is 4.06. The van der Waals surface area contributed by atoms with Crippen LogP contribution in [0, 0.1) is 5.41 Å². The molecule has 1 unspecified atom stereocenters. The quantitative estimate of drug-likeness (QED) is 0.495. The third-order valence-corrected chi connectivity index (χ3v) is 2.43. The number of hydrogen-bond donors (Lipinski definition) is 0. The van der Waals surface area contributed by atoms with E-state index in [0.717, 1.165) is 0 Å². The van der Waals surface area contributed by atoms with E-state index in [1.165, 1.54) is 0 Å². The summed E-state index contributed by atoms with van der Waals surface area (Å²) in [6.45, 7) is 9.30. The zero-order valence-corrected chi connectivity index (χ0v) is 10.8. The fraction of sp³-hybridized carbons (Fsp3) is 0.833. The highest BCUT2D eigenvalue weighted by Gasteiger charge is 2.41. The molecule has 0 aliphatic rings. The number of rotatable bonds is 7. The molecular weight excluding hydrogens is 208 g/mol. The van der Waals surface area contributed by atoms with Gasteiger partial charge in [-0.1, -0.05) is 6.92 Å². The van der Waals surface area contributed by atoms with Crippen molar-refractivity contribution in [1.82, 2.24) is 0 Å². The predicted molar refractivity (Wildman–Crippen MR) is 61.1 cm³/mol. The summed E-state index contributed by atoms with van der Waals surface area (Å²) in [4.78, 5) is 23.7. The van der Waals surface area contributed by atoms with Gasteiger partial charge in [0.2, 0.25) is 0 Å². The van der Waals surface area contributed by atoms with Crippen LogP contribution in [0.3, 0.4) is 0 Å². The Morgan fingerprint density at radius 1 is 1.12 bits per heavy atom. The molecule has 0 amide bonds. The highest BCUT2D eigenvalue weighted by atomic mass is 16.5. The van der Waals surface area contributed by atoms with E-state index >= 15 is 0 Å². The molecule has 0 saturated carbocycles. The maximum Gasteiger partial charge on any atom is 0.319 e. The summed E-state index contributed by atoms with van der Waals surface area (Å²) in [5.41, 5.74) is -1.13. The van der Waals surface area contributed by atoms with Crippen molar-refractivity contribution in [1.29, 1.82) is 0 Å². The van der Waals surface area contributed by atoms with Crippen LogP contribution in [0.1, 0.15) is 41.0 Å². The van der Waals surface area contributed by atoms with Crippen molar-refractivity contribution in [3.63, 3.8) is 0 Å². The number of Topliss-reactive ketones (excluding diaryl/α,β-unsaturated/α-hetero) is 1. The van der Waals surface area contributed by atoms with E-state index in [1.54, 1.807) is 20.8 Å². The second kappa shape index (κ2) is 6.63. The molecule has 0 heterocycles. The lowest BCUT2D eigenvalue weighted by atomic mass is 9.84. The Hall–Kier alpha value is -0.900. The Morgan fingerprint density at radius 3 is 2.06 bits per heavy atom. The first-order valence-electron chi connectivity index (χ1n) is 5.74. The molecule has 0 radical (unpaired) electrons. The fourth-order valence-electron chi connectivity index (χ4n) is 1.39. The molecule has 4 heteroatoms. The number of ketones is 1. The first-order chi connectivity index (χ1) is 7.41. The molecule has 0 aromatic carbocycles. The van der Waals surface area contributed by atoms with Gasteiger partial charge in [-0.3, -0.25) is 9.59 Å². The van der Waals surface area contributed by atoms with E-state index in [4.69, 9.17) is 9.47 Å². The maximum absolute atomic E-state index is 12.1.